The molecule has 0 fully saturated rings. The number of esters is 1. The molecule has 0 aliphatic carbocycles. The average molecular weight is 316 g/mol. The summed E-state index contributed by atoms with van der Waals surface area (Å²) in [6.07, 6.45) is 0.374. The van der Waals surface area contributed by atoms with E-state index >= 15 is 0 Å². The number of methoxy groups -OCH3 is 1. The number of nitrogens with one attached hydrogen (secondary N) is 2. The van der Waals surface area contributed by atoms with Crippen molar-refractivity contribution >= 4 is 17.7 Å². The number of carbonyl (C=O) groups is 2. The van der Waals surface area contributed by atoms with Crippen molar-refractivity contribution in [2.75, 3.05) is 19.0 Å². The van der Waals surface area contributed by atoms with Crippen LogP contribution in [0, 0.1) is 5.82 Å². The van der Waals surface area contributed by atoms with Crippen molar-refractivity contribution in [1.29, 1.82) is 0 Å². The Labute approximate surface area is 133 Å². The van der Waals surface area contributed by atoms with E-state index in [1.54, 1.807) is 42.5 Å². The van der Waals surface area contributed by atoms with Gasteiger partial charge in [-0.25, -0.2) is 14.0 Å². The van der Waals surface area contributed by atoms with Crippen molar-refractivity contribution in [3.05, 3.63) is 65.5 Å². The number of para-hydroxylation sites is 1. The van der Waals surface area contributed by atoms with Gasteiger partial charge in [0.2, 0.25) is 0 Å². The van der Waals surface area contributed by atoms with Gasteiger partial charge in [0.05, 0.1) is 18.4 Å². The molecule has 5 nitrogen and oxygen atoms in total. The van der Waals surface area contributed by atoms with Crippen molar-refractivity contribution in [3.8, 4) is 0 Å². The first-order valence-corrected chi connectivity index (χ1v) is 7.07. The van der Waals surface area contributed by atoms with Gasteiger partial charge in [0.25, 0.3) is 0 Å². The van der Waals surface area contributed by atoms with E-state index in [-0.39, 0.29) is 17.9 Å². The van der Waals surface area contributed by atoms with Gasteiger partial charge >= 0.3 is 12.0 Å². The van der Waals surface area contributed by atoms with Gasteiger partial charge in [-0.05, 0) is 30.2 Å². The van der Waals surface area contributed by atoms with Crippen LogP contribution in [-0.2, 0) is 11.2 Å². The molecule has 2 rings (SSSR count). The Morgan fingerprint density at radius 1 is 1.09 bits per heavy atom. The number of hydrogen-bond donors (Lipinski definition) is 2. The van der Waals surface area contributed by atoms with Crippen LogP contribution in [-0.4, -0.2) is 25.7 Å². The predicted octanol–water partition coefficient (Wildman–Crippen LogP) is 2.98. The summed E-state index contributed by atoms with van der Waals surface area (Å²) in [5.41, 5.74) is 1.14. The molecule has 2 aromatic rings. The largest absolute Gasteiger partial charge is 0.465 e. The van der Waals surface area contributed by atoms with E-state index in [9.17, 15) is 14.0 Å². The van der Waals surface area contributed by atoms with Gasteiger partial charge in [0, 0.05) is 6.54 Å². The molecular formula is C17H17FN2O3. The maximum atomic E-state index is 13.5. The molecular weight excluding hydrogens is 299 g/mol. The number of benzene rings is 2. The van der Waals surface area contributed by atoms with Gasteiger partial charge in [-0.2, -0.15) is 0 Å². The molecule has 0 bridgehead atoms. The van der Waals surface area contributed by atoms with Crippen molar-refractivity contribution in [2.24, 2.45) is 0 Å². The highest BCUT2D eigenvalue weighted by Gasteiger charge is 2.12. The normalized spacial score (nSPS) is 10.0. The molecule has 2 aromatic carbocycles. The summed E-state index contributed by atoms with van der Waals surface area (Å²) >= 11 is 0. The molecule has 2 amide bonds. The predicted molar refractivity (Wildman–Crippen MR) is 84.9 cm³/mol. The second-order valence-electron chi connectivity index (χ2n) is 4.76. The molecule has 0 radical (unpaired) electrons. The monoisotopic (exact) mass is 316 g/mol. The smallest absolute Gasteiger partial charge is 0.339 e. The highest BCUT2D eigenvalue weighted by Crippen LogP contribution is 2.15. The number of rotatable bonds is 5. The maximum Gasteiger partial charge on any atom is 0.339 e. The molecule has 0 spiro atoms. The third kappa shape index (κ3) is 4.54. The Balaban J connectivity index is 1.91. The maximum absolute atomic E-state index is 13.5. The van der Waals surface area contributed by atoms with Crippen LogP contribution in [0.25, 0.3) is 0 Å². The molecule has 0 unspecified atom stereocenters. The highest BCUT2D eigenvalue weighted by molar-refractivity contribution is 6.00. The molecule has 2 N–H and O–H groups in total. The molecule has 0 saturated heterocycles. The molecule has 0 saturated carbocycles. The summed E-state index contributed by atoms with van der Waals surface area (Å²) in [6, 6.07) is 12.5. The Kier molecular flexibility index (Phi) is 5.68. The van der Waals surface area contributed by atoms with Crippen LogP contribution in [0.1, 0.15) is 15.9 Å². The molecule has 0 aliphatic rings. The first-order valence-electron chi connectivity index (χ1n) is 7.07. The number of urea groups is 1. The number of hydrogen-bond acceptors (Lipinski definition) is 3. The van der Waals surface area contributed by atoms with Crippen LogP contribution >= 0.6 is 0 Å². The molecule has 120 valence electrons. The summed E-state index contributed by atoms with van der Waals surface area (Å²) in [4.78, 5) is 23.5. The minimum atomic E-state index is -0.535. The first kappa shape index (κ1) is 16.5. The topological polar surface area (TPSA) is 67.4 Å². The number of carbonyl (C=O) groups excluding carboxylic acids is 2. The summed E-state index contributed by atoms with van der Waals surface area (Å²) < 4.78 is 18.1. The summed E-state index contributed by atoms with van der Waals surface area (Å²) in [6.45, 7) is 0.271. The summed E-state index contributed by atoms with van der Waals surface area (Å²) in [5.74, 6) is -0.835. The van der Waals surface area contributed by atoms with E-state index in [4.69, 9.17) is 0 Å². The van der Waals surface area contributed by atoms with E-state index in [1.165, 1.54) is 13.2 Å². The quantitative estimate of drug-likeness (QED) is 0.833. The Bertz CT molecular complexity index is 704. The Hall–Kier alpha value is -2.89. The molecule has 0 aliphatic heterocycles. The molecule has 0 aromatic heterocycles. The number of halogens is 1. The van der Waals surface area contributed by atoms with Crippen LogP contribution in [0.4, 0.5) is 14.9 Å². The summed E-state index contributed by atoms with van der Waals surface area (Å²) in [7, 11) is 1.27. The van der Waals surface area contributed by atoms with Crippen LogP contribution in [0.3, 0.4) is 0 Å². The minimum absolute atomic E-state index is 0.263. The third-order valence-electron chi connectivity index (χ3n) is 3.22. The van der Waals surface area contributed by atoms with Crippen molar-refractivity contribution < 1.29 is 18.7 Å². The zero-order chi connectivity index (χ0) is 16.7. The van der Waals surface area contributed by atoms with E-state index in [2.05, 4.69) is 15.4 Å². The van der Waals surface area contributed by atoms with Gasteiger partial charge in [0.1, 0.15) is 5.82 Å². The van der Waals surface area contributed by atoms with E-state index in [0.29, 0.717) is 17.7 Å². The first-order chi connectivity index (χ1) is 11.1. The van der Waals surface area contributed by atoms with Gasteiger partial charge in [-0.15, -0.1) is 0 Å². The lowest BCUT2D eigenvalue weighted by molar-refractivity contribution is 0.0602. The van der Waals surface area contributed by atoms with Gasteiger partial charge < -0.3 is 15.4 Å². The zero-order valence-corrected chi connectivity index (χ0v) is 12.6. The van der Waals surface area contributed by atoms with Gasteiger partial charge in [0.15, 0.2) is 0 Å². The number of anilines is 1. The second kappa shape index (κ2) is 7.93. The van der Waals surface area contributed by atoms with E-state index in [1.807, 2.05) is 0 Å². The van der Waals surface area contributed by atoms with Crippen molar-refractivity contribution in [3.63, 3.8) is 0 Å². The van der Waals surface area contributed by atoms with Crippen LogP contribution < -0.4 is 10.6 Å². The fourth-order valence-electron chi connectivity index (χ4n) is 2.06. The van der Waals surface area contributed by atoms with Crippen LogP contribution in [0.15, 0.2) is 48.5 Å². The van der Waals surface area contributed by atoms with Gasteiger partial charge in [-0.1, -0.05) is 30.3 Å². The second-order valence-corrected chi connectivity index (χ2v) is 4.76. The molecule has 6 heteroatoms. The van der Waals surface area contributed by atoms with Crippen molar-refractivity contribution in [2.45, 2.75) is 6.42 Å². The lowest BCUT2D eigenvalue weighted by Gasteiger charge is -2.11. The summed E-state index contributed by atoms with van der Waals surface area (Å²) in [5, 5.41) is 5.20. The number of amides is 2. The third-order valence-corrected chi connectivity index (χ3v) is 3.22. The fourth-order valence-corrected chi connectivity index (χ4v) is 2.06. The highest BCUT2D eigenvalue weighted by atomic mass is 19.1. The molecule has 0 heterocycles. The Morgan fingerprint density at radius 2 is 1.78 bits per heavy atom. The minimum Gasteiger partial charge on any atom is -0.465 e. The lowest BCUT2D eigenvalue weighted by atomic mass is 10.1. The molecule has 23 heavy (non-hydrogen) atoms. The van der Waals surface area contributed by atoms with Crippen LogP contribution in [0.2, 0.25) is 0 Å². The average Bonchev–Trinajstić information content (AvgIpc) is 2.56. The standard InChI is InChI=1S/C17H17FN2O3/c1-23-16(21)13-7-3-5-9-15(13)20-17(22)19-11-10-12-6-2-4-8-14(12)18/h2-9H,10-11H2,1H3,(H2,19,20,22). The number of ether oxygens (including phenoxy) is 1. The molecule has 0 atom stereocenters. The SMILES string of the molecule is COC(=O)c1ccccc1NC(=O)NCCc1ccccc1F. The van der Waals surface area contributed by atoms with E-state index in [0.717, 1.165) is 0 Å². The van der Waals surface area contributed by atoms with Gasteiger partial charge in [-0.3, -0.25) is 0 Å². The zero-order valence-electron chi connectivity index (χ0n) is 12.6. The Morgan fingerprint density at radius 3 is 2.52 bits per heavy atom. The lowest BCUT2D eigenvalue weighted by Crippen LogP contribution is -2.31. The van der Waals surface area contributed by atoms with Crippen LogP contribution in [0.5, 0.6) is 0 Å². The fraction of sp³-hybridized carbons (Fsp3) is 0.176. The van der Waals surface area contributed by atoms with E-state index < -0.39 is 12.0 Å². The van der Waals surface area contributed by atoms with Crippen molar-refractivity contribution in [1.82, 2.24) is 5.32 Å².